The van der Waals surface area contributed by atoms with Gasteiger partial charge in [-0.1, -0.05) is 6.92 Å². The Labute approximate surface area is 161 Å². The molecule has 142 valence electrons. The molecule has 0 fully saturated rings. The van der Waals surface area contributed by atoms with Gasteiger partial charge < -0.3 is 15.4 Å². The van der Waals surface area contributed by atoms with E-state index in [1.807, 2.05) is 20.0 Å². The molecule has 0 aliphatic carbocycles. The van der Waals surface area contributed by atoms with Gasteiger partial charge in [-0.05, 0) is 27.2 Å². The molecule has 1 unspecified atom stereocenters. The number of nitrogens with zero attached hydrogens (tertiary/aromatic N) is 3. The van der Waals surface area contributed by atoms with Crippen LogP contribution in [0.2, 0.25) is 0 Å². The summed E-state index contributed by atoms with van der Waals surface area (Å²) in [6.45, 7) is 8.68. The predicted molar refractivity (Wildman–Crippen MR) is 106 cm³/mol. The Morgan fingerprint density at radius 3 is 2.77 bits per heavy atom. The Morgan fingerprint density at radius 2 is 2.15 bits per heavy atom. The maximum Gasteiger partial charge on any atom is 0.350 e. The first kappa shape index (κ1) is 20.3. The van der Waals surface area contributed by atoms with Crippen molar-refractivity contribution in [3.05, 3.63) is 31.7 Å². The van der Waals surface area contributed by atoms with Gasteiger partial charge in [-0.15, -0.1) is 22.7 Å². The third-order valence-corrected chi connectivity index (χ3v) is 6.04. The van der Waals surface area contributed by atoms with Crippen LogP contribution in [0.4, 0.5) is 0 Å². The number of aliphatic imine (C=N–C) groups is 1. The second-order valence-electron chi connectivity index (χ2n) is 5.55. The number of thiazole rings is 2. The van der Waals surface area contributed by atoms with E-state index in [1.54, 1.807) is 25.3 Å². The van der Waals surface area contributed by atoms with Gasteiger partial charge in [0.05, 0.1) is 24.9 Å². The van der Waals surface area contributed by atoms with Crippen molar-refractivity contribution in [2.45, 2.75) is 46.7 Å². The molecule has 2 N–H and O–H groups in total. The number of rotatable bonds is 7. The Kier molecular flexibility index (Phi) is 7.52. The maximum absolute atomic E-state index is 12.0. The van der Waals surface area contributed by atoms with Crippen molar-refractivity contribution in [1.29, 1.82) is 0 Å². The summed E-state index contributed by atoms with van der Waals surface area (Å²) in [5.74, 6) is 0.343. The van der Waals surface area contributed by atoms with Crippen LogP contribution in [0.25, 0.3) is 0 Å². The minimum atomic E-state index is -0.320. The Hall–Kier alpha value is -2.00. The van der Waals surface area contributed by atoms with Gasteiger partial charge in [-0.2, -0.15) is 0 Å². The zero-order chi connectivity index (χ0) is 19.1. The summed E-state index contributed by atoms with van der Waals surface area (Å²) in [6.07, 6.45) is 2.91. The van der Waals surface area contributed by atoms with Crippen LogP contribution < -0.4 is 10.6 Å². The van der Waals surface area contributed by atoms with E-state index in [1.165, 1.54) is 16.2 Å². The van der Waals surface area contributed by atoms with E-state index in [0.29, 0.717) is 29.7 Å². The monoisotopic (exact) mass is 395 g/mol. The van der Waals surface area contributed by atoms with E-state index in [4.69, 9.17) is 4.74 Å². The SMILES string of the molecule is CCOC(=O)c1sc(C(C)NC(=NC)NCc2ncc(CC)s2)nc1C. The summed E-state index contributed by atoms with van der Waals surface area (Å²) in [6, 6.07) is -0.0874. The Balaban J connectivity index is 1.97. The van der Waals surface area contributed by atoms with E-state index in [9.17, 15) is 4.79 Å². The van der Waals surface area contributed by atoms with Crippen LogP contribution in [0.1, 0.15) is 57.1 Å². The molecule has 26 heavy (non-hydrogen) atoms. The molecular weight excluding hydrogens is 370 g/mol. The molecule has 0 aromatic carbocycles. The maximum atomic E-state index is 12.0. The summed E-state index contributed by atoms with van der Waals surface area (Å²) in [7, 11) is 1.72. The molecule has 0 radical (unpaired) electrons. The number of carbonyl (C=O) groups is 1. The van der Waals surface area contributed by atoms with Gasteiger partial charge in [0.15, 0.2) is 5.96 Å². The van der Waals surface area contributed by atoms with Crippen molar-refractivity contribution in [3.8, 4) is 0 Å². The molecule has 0 amide bonds. The fraction of sp³-hybridized carbons (Fsp3) is 0.529. The lowest BCUT2D eigenvalue weighted by molar-refractivity contribution is 0.0531. The summed E-state index contributed by atoms with van der Waals surface area (Å²) in [4.78, 5) is 26.9. The lowest BCUT2D eigenvalue weighted by Gasteiger charge is -2.15. The first-order valence-corrected chi connectivity index (χ1v) is 10.2. The highest BCUT2D eigenvalue weighted by Gasteiger charge is 2.20. The summed E-state index contributed by atoms with van der Waals surface area (Å²) < 4.78 is 5.07. The largest absolute Gasteiger partial charge is 0.462 e. The molecule has 2 aromatic rings. The minimum absolute atomic E-state index is 0.0874. The molecule has 7 nitrogen and oxygen atoms in total. The third-order valence-electron chi connectivity index (χ3n) is 3.58. The van der Waals surface area contributed by atoms with Crippen LogP contribution in [-0.4, -0.2) is 35.6 Å². The van der Waals surface area contributed by atoms with Crippen molar-refractivity contribution in [2.24, 2.45) is 4.99 Å². The molecule has 0 bridgehead atoms. The van der Waals surface area contributed by atoms with Crippen LogP contribution in [0, 0.1) is 6.92 Å². The van der Waals surface area contributed by atoms with Crippen LogP contribution in [0.5, 0.6) is 0 Å². The lowest BCUT2D eigenvalue weighted by Crippen LogP contribution is -2.38. The number of carbonyl (C=O) groups excluding carboxylic acids is 1. The number of esters is 1. The van der Waals surface area contributed by atoms with Gasteiger partial charge in [0.2, 0.25) is 0 Å². The standard InChI is InChI=1S/C17H25N5O2S2/c1-6-12-8-19-13(25-12)9-20-17(18-5)22-11(4)15-21-10(3)14(26-15)16(23)24-7-2/h8,11H,6-7,9H2,1-5H3,(H2,18,20,22). The molecule has 0 aliphatic heterocycles. The molecular formula is C17H25N5O2S2. The quantitative estimate of drug-likeness (QED) is 0.425. The predicted octanol–water partition coefficient (Wildman–Crippen LogP) is 3.07. The number of ether oxygens (including phenoxy) is 1. The van der Waals surface area contributed by atoms with Gasteiger partial charge in [-0.3, -0.25) is 4.99 Å². The molecule has 2 aromatic heterocycles. The van der Waals surface area contributed by atoms with Gasteiger partial charge in [0.1, 0.15) is 14.9 Å². The molecule has 0 saturated carbocycles. The van der Waals surface area contributed by atoms with E-state index < -0.39 is 0 Å². The average molecular weight is 396 g/mol. The summed E-state index contributed by atoms with van der Waals surface area (Å²) in [5.41, 5.74) is 0.690. The van der Waals surface area contributed by atoms with E-state index in [0.717, 1.165) is 16.4 Å². The molecule has 0 saturated heterocycles. The fourth-order valence-corrected chi connectivity index (χ4v) is 3.97. The highest BCUT2D eigenvalue weighted by Crippen LogP contribution is 2.24. The first-order valence-electron chi connectivity index (χ1n) is 8.53. The Morgan fingerprint density at radius 1 is 1.38 bits per heavy atom. The number of nitrogens with one attached hydrogen (secondary N) is 2. The van der Waals surface area contributed by atoms with Crippen molar-refractivity contribution in [1.82, 2.24) is 20.6 Å². The third kappa shape index (κ3) is 5.25. The van der Waals surface area contributed by atoms with Crippen LogP contribution in [-0.2, 0) is 17.7 Å². The second kappa shape index (κ2) is 9.63. The average Bonchev–Trinajstić information content (AvgIpc) is 3.25. The smallest absolute Gasteiger partial charge is 0.350 e. The van der Waals surface area contributed by atoms with Crippen LogP contribution >= 0.6 is 22.7 Å². The van der Waals surface area contributed by atoms with Crippen molar-refractivity contribution < 1.29 is 9.53 Å². The number of aryl methyl sites for hydroxylation is 2. The van der Waals surface area contributed by atoms with Crippen molar-refractivity contribution >= 4 is 34.6 Å². The highest BCUT2D eigenvalue weighted by molar-refractivity contribution is 7.13. The molecule has 0 aliphatic rings. The number of hydrogen-bond donors (Lipinski definition) is 2. The van der Waals surface area contributed by atoms with E-state index >= 15 is 0 Å². The topological polar surface area (TPSA) is 88.5 Å². The molecule has 9 heteroatoms. The number of guanidine groups is 1. The summed E-state index contributed by atoms with van der Waals surface area (Å²) >= 11 is 3.04. The molecule has 1 atom stereocenters. The van der Waals surface area contributed by atoms with Crippen molar-refractivity contribution in [3.63, 3.8) is 0 Å². The Bertz CT molecular complexity index is 769. The summed E-state index contributed by atoms with van der Waals surface area (Å²) in [5, 5.41) is 8.39. The zero-order valence-electron chi connectivity index (χ0n) is 15.8. The van der Waals surface area contributed by atoms with Gasteiger partial charge in [0, 0.05) is 18.1 Å². The van der Waals surface area contributed by atoms with E-state index in [2.05, 4.69) is 32.5 Å². The number of aromatic nitrogens is 2. The van der Waals surface area contributed by atoms with Gasteiger partial charge >= 0.3 is 5.97 Å². The van der Waals surface area contributed by atoms with Crippen LogP contribution in [0.3, 0.4) is 0 Å². The minimum Gasteiger partial charge on any atom is -0.462 e. The van der Waals surface area contributed by atoms with E-state index in [-0.39, 0.29) is 12.0 Å². The normalized spacial score (nSPS) is 12.7. The highest BCUT2D eigenvalue weighted by atomic mass is 32.1. The van der Waals surface area contributed by atoms with Gasteiger partial charge in [-0.25, -0.2) is 14.8 Å². The number of hydrogen-bond acceptors (Lipinski definition) is 7. The van der Waals surface area contributed by atoms with Crippen molar-refractivity contribution in [2.75, 3.05) is 13.7 Å². The second-order valence-corrected chi connectivity index (χ2v) is 7.78. The lowest BCUT2D eigenvalue weighted by atomic mass is 10.3. The molecule has 2 heterocycles. The molecule has 2 rings (SSSR count). The van der Waals surface area contributed by atoms with Gasteiger partial charge in [0.25, 0.3) is 0 Å². The van der Waals surface area contributed by atoms with Crippen LogP contribution in [0.15, 0.2) is 11.2 Å². The fourth-order valence-electron chi connectivity index (χ4n) is 2.20. The zero-order valence-corrected chi connectivity index (χ0v) is 17.4. The first-order chi connectivity index (χ1) is 12.5. The molecule has 0 spiro atoms.